The van der Waals surface area contributed by atoms with Crippen LogP contribution in [0.4, 0.5) is 0 Å². The maximum atomic E-state index is 10.5. The van der Waals surface area contributed by atoms with Crippen molar-refractivity contribution in [2.24, 2.45) is 0 Å². The Hall–Kier alpha value is -1.27. The molecule has 0 amide bonds. The summed E-state index contributed by atoms with van der Waals surface area (Å²) in [6.07, 6.45) is 0.502. The van der Waals surface area contributed by atoms with Crippen LogP contribution in [0, 0.1) is 0 Å². The molecule has 3 atom stereocenters. The Morgan fingerprint density at radius 2 is 2.23 bits per heavy atom. The van der Waals surface area contributed by atoms with Crippen LogP contribution in [0.1, 0.15) is 41.0 Å². The zero-order chi connectivity index (χ0) is 15.7. The van der Waals surface area contributed by atoms with E-state index >= 15 is 0 Å². The van der Waals surface area contributed by atoms with Gasteiger partial charge in [-0.3, -0.25) is 4.90 Å². The van der Waals surface area contributed by atoms with Crippen molar-refractivity contribution in [3.63, 3.8) is 0 Å². The highest BCUT2D eigenvalue weighted by Crippen LogP contribution is 2.34. The lowest BCUT2D eigenvalue weighted by molar-refractivity contribution is 0.0713. The van der Waals surface area contributed by atoms with Crippen LogP contribution in [0.15, 0.2) is 29.6 Å². The van der Waals surface area contributed by atoms with Crippen LogP contribution in [0.2, 0.25) is 0 Å². The van der Waals surface area contributed by atoms with Crippen molar-refractivity contribution in [3.05, 3.63) is 51.5 Å². The van der Waals surface area contributed by atoms with Gasteiger partial charge in [0, 0.05) is 25.1 Å². The van der Waals surface area contributed by atoms with E-state index in [2.05, 4.69) is 28.4 Å². The number of benzene rings is 1. The minimum Gasteiger partial charge on any atom is -0.387 e. The molecule has 0 bridgehead atoms. The summed E-state index contributed by atoms with van der Waals surface area (Å²) in [6, 6.07) is 8.26. The SMILES string of the molecule is CO[C@H](C)c1nc(CN(C)[C@@H]2Cc3ccccc3[C@H]2O)cs1. The number of aliphatic hydroxyl groups excluding tert-OH is 1. The second-order valence-electron chi connectivity index (χ2n) is 5.89. The molecule has 0 saturated carbocycles. The number of aromatic nitrogens is 1. The molecule has 1 aromatic carbocycles. The Morgan fingerprint density at radius 1 is 1.45 bits per heavy atom. The first-order valence-electron chi connectivity index (χ1n) is 7.53. The monoisotopic (exact) mass is 318 g/mol. The Labute approximate surface area is 135 Å². The van der Waals surface area contributed by atoms with E-state index in [-0.39, 0.29) is 12.1 Å². The van der Waals surface area contributed by atoms with Crippen LogP contribution < -0.4 is 0 Å². The molecule has 1 aromatic heterocycles. The first-order valence-corrected chi connectivity index (χ1v) is 8.41. The van der Waals surface area contributed by atoms with Crippen molar-refractivity contribution in [1.29, 1.82) is 0 Å². The predicted molar refractivity (Wildman–Crippen MR) is 87.9 cm³/mol. The highest BCUT2D eigenvalue weighted by atomic mass is 32.1. The topological polar surface area (TPSA) is 45.6 Å². The summed E-state index contributed by atoms with van der Waals surface area (Å²) >= 11 is 1.63. The minimum atomic E-state index is -0.419. The fraction of sp³-hybridized carbons (Fsp3) is 0.471. The standard InChI is InChI=1S/C17H22N2O2S/c1-11(21-3)17-18-13(10-22-17)9-19(2)15-8-12-6-4-5-7-14(12)16(15)20/h4-7,10-11,15-16,20H,8-9H2,1-3H3/t11-,15-,16-/m1/s1. The number of fused-ring (bicyclic) bond motifs is 1. The van der Waals surface area contributed by atoms with Gasteiger partial charge in [-0.1, -0.05) is 24.3 Å². The molecular weight excluding hydrogens is 296 g/mol. The number of hydrogen-bond donors (Lipinski definition) is 1. The molecule has 1 heterocycles. The van der Waals surface area contributed by atoms with Gasteiger partial charge in [0.1, 0.15) is 11.1 Å². The minimum absolute atomic E-state index is 0.0328. The largest absolute Gasteiger partial charge is 0.387 e. The van der Waals surface area contributed by atoms with E-state index in [9.17, 15) is 5.11 Å². The van der Waals surface area contributed by atoms with Gasteiger partial charge in [0.2, 0.25) is 0 Å². The summed E-state index contributed by atoms with van der Waals surface area (Å²) in [6.45, 7) is 2.74. The molecule has 1 aliphatic rings. The average molecular weight is 318 g/mol. The van der Waals surface area contributed by atoms with E-state index < -0.39 is 6.10 Å². The van der Waals surface area contributed by atoms with Gasteiger partial charge in [-0.05, 0) is 31.5 Å². The van der Waals surface area contributed by atoms with Crippen molar-refractivity contribution >= 4 is 11.3 Å². The van der Waals surface area contributed by atoms with Crippen molar-refractivity contribution in [2.45, 2.75) is 38.1 Å². The maximum absolute atomic E-state index is 10.5. The van der Waals surface area contributed by atoms with E-state index in [1.807, 2.05) is 25.1 Å². The molecule has 0 saturated heterocycles. The Morgan fingerprint density at radius 3 is 2.95 bits per heavy atom. The van der Waals surface area contributed by atoms with E-state index in [4.69, 9.17) is 4.74 Å². The van der Waals surface area contributed by atoms with Gasteiger partial charge >= 0.3 is 0 Å². The van der Waals surface area contributed by atoms with Crippen LogP contribution in [-0.2, 0) is 17.7 Å². The lowest BCUT2D eigenvalue weighted by Crippen LogP contribution is -2.34. The molecule has 2 aromatic rings. The first-order chi connectivity index (χ1) is 10.6. The third kappa shape index (κ3) is 2.94. The van der Waals surface area contributed by atoms with E-state index in [1.165, 1.54) is 5.56 Å². The van der Waals surface area contributed by atoms with Crippen molar-refractivity contribution in [3.8, 4) is 0 Å². The van der Waals surface area contributed by atoms with Gasteiger partial charge in [0.15, 0.2) is 0 Å². The van der Waals surface area contributed by atoms with Gasteiger partial charge in [0.25, 0.3) is 0 Å². The fourth-order valence-electron chi connectivity index (χ4n) is 3.01. The van der Waals surface area contributed by atoms with Crippen LogP contribution in [-0.4, -0.2) is 35.2 Å². The number of rotatable bonds is 5. The molecule has 0 radical (unpaired) electrons. The number of likely N-dealkylation sites (N-methyl/N-ethyl adjacent to an activating group) is 1. The van der Waals surface area contributed by atoms with E-state index in [0.717, 1.165) is 29.2 Å². The van der Waals surface area contributed by atoms with Gasteiger partial charge in [-0.25, -0.2) is 4.98 Å². The summed E-state index contributed by atoms with van der Waals surface area (Å²) in [5, 5.41) is 13.6. The molecule has 1 aliphatic carbocycles. The predicted octanol–water partition coefficient (Wildman–Crippen LogP) is 2.94. The molecule has 0 unspecified atom stereocenters. The third-order valence-electron chi connectivity index (χ3n) is 4.42. The Kier molecular flexibility index (Phi) is 4.59. The average Bonchev–Trinajstić information content (AvgIpc) is 3.12. The molecule has 0 spiro atoms. The molecule has 5 heteroatoms. The van der Waals surface area contributed by atoms with Crippen molar-refractivity contribution in [2.75, 3.05) is 14.2 Å². The Bertz CT molecular complexity index is 643. The highest BCUT2D eigenvalue weighted by Gasteiger charge is 2.33. The van der Waals surface area contributed by atoms with E-state index in [0.29, 0.717) is 0 Å². The van der Waals surface area contributed by atoms with Gasteiger partial charge in [-0.15, -0.1) is 11.3 Å². The number of methoxy groups -OCH3 is 1. The van der Waals surface area contributed by atoms with Crippen molar-refractivity contribution < 1.29 is 9.84 Å². The lowest BCUT2D eigenvalue weighted by Gasteiger charge is -2.26. The van der Waals surface area contributed by atoms with E-state index in [1.54, 1.807) is 18.4 Å². The van der Waals surface area contributed by atoms with Crippen LogP contribution in [0.5, 0.6) is 0 Å². The zero-order valence-corrected chi connectivity index (χ0v) is 14.0. The number of hydrogen-bond acceptors (Lipinski definition) is 5. The molecule has 0 fully saturated rings. The molecular formula is C17H22N2O2S. The summed E-state index contributed by atoms with van der Waals surface area (Å²) in [7, 11) is 3.75. The number of thiazole rings is 1. The smallest absolute Gasteiger partial charge is 0.122 e. The molecule has 4 nitrogen and oxygen atoms in total. The van der Waals surface area contributed by atoms with Gasteiger partial charge in [0.05, 0.1) is 11.8 Å². The number of aliphatic hydroxyl groups is 1. The second kappa shape index (κ2) is 6.46. The summed E-state index contributed by atoms with van der Waals surface area (Å²) < 4.78 is 5.31. The molecule has 3 rings (SSSR count). The second-order valence-corrected chi connectivity index (χ2v) is 6.77. The molecule has 118 valence electrons. The number of nitrogens with zero attached hydrogens (tertiary/aromatic N) is 2. The summed E-state index contributed by atoms with van der Waals surface area (Å²) in [5.41, 5.74) is 3.35. The van der Waals surface area contributed by atoms with Crippen molar-refractivity contribution in [1.82, 2.24) is 9.88 Å². The highest BCUT2D eigenvalue weighted by molar-refractivity contribution is 7.09. The Balaban J connectivity index is 1.68. The molecule has 22 heavy (non-hydrogen) atoms. The van der Waals surface area contributed by atoms with Crippen LogP contribution >= 0.6 is 11.3 Å². The van der Waals surface area contributed by atoms with Crippen LogP contribution in [0.25, 0.3) is 0 Å². The maximum Gasteiger partial charge on any atom is 0.122 e. The summed E-state index contributed by atoms with van der Waals surface area (Å²) in [5.74, 6) is 0. The molecule has 0 aliphatic heterocycles. The first kappa shape index (κ1) is 15.6. The van der Waals surface area contributed by atoms with Gasteiger partial charge in [-0.2, -0.15) is 0 Å². The lowest BCUT2D eigenvalue weighted by atomic mass is 10.1. The normalized spacial score (nSPS) is 22.0. The quantitative estimate of drug-likeness (QED) is 0.921. The fourth-order valence-corrected chi connectivity index (χ4v) is 3.85. The number of ether oxygens (including phenoxy) is 1. The zero-order valence-electron chi connectivity index (χ0n) is 13.2. The summed E-state index contributed by atoms with van der Waals surface area (Å²) in [4.78, 5) is 6.83. The molecule has 1 N–H and O–H groups in total. The third-order valence-corrected chi connectivity index (χ3v) is 5.47. The van der Waals surface area contributed by atoms with Crippen LogP contribution in [0.3, 0.4) is 0 Å². The van der Waals surface area contributed by atoms with Gasteiger partial charge < -0.3 is 9.84 Å².